The SMILES string of the molecule is CCn1c(N2CCN(C)CC2)c(/C=C2\SC(=S)N(CCc3ccc(OC)c(OC)c3)C2=O)c(C)c(C#N)c1=O. The number of piperazine rings is 1. The van der Waals surface area contributed by atoms with Crippen LogP contribution >= 0.6 is 24.0 Å². The number of nitriles is 1. The molecule has 0 saturated carbocycles. The van der Waals surface area contributed by atoms with Gasteiger partial charge in [-0.15, -0.1) is 0 Å². The quantitative estimate of drug-likeness (QED) is 0.352. The van der Waals surface area contributed by atoms with Crippen LogP contribution in [0.4, 0.5) is 5.82 Å². The van der Waals surface area contributed by atoms with Gasteiger partial charge in [-0.05, 0) is 56.7 Å². The third-order valence-electron chi connectivity index (χ3n) is 7.19. The van der Waals surface area contributed by atoms with Crippen molar-refractivity contribution in [3.8, 4) is 17.6 Å². The highest BCUT2D eigenvalue weighted by Gasteiger charge is 2.33. The summed E-state index contributed by atoms with van der Waals surface area (Å²) in [6.45, 7) is 7.71. The summed E-state index contributed by atoms with van der Waals surface area (Å²) in [6, 6.07) is 7.77. The van der Waals surface area contributed by atoms with Gasteiger partial charge in [-0.1, -0.05) is 30.0 Å². The van der Waals surface area contributed by atoms with Crippen LogP contribution in [0.5, 0.6) is 11.5 Å². The van der Waals surface area contributed by atoms with Gasteiger partial charge in [0.15, 0.2) is 11.5 Å². The summed E-state index contributed by atoms with van der Waals surface area (Å²) in [5.74, 6) is 1.85. The maximum atomic E-state index is 13.5. The number of benzene rings is 1. The van der Waals surface area contributed by atoms with Crippen LogP contribution < -0.4 is 19.9 Å². The van der Waals surface area contributed by atoms with Crippen molar-refractivity contribution in [2.24, 2.45) is 0 Å². The monoisotopic (exact) mass is 567 g/mol. The molecule has 2 aromatic rings. The molecule has 4 rings (SSSR count). The van der Waals surface area contributed by atoms with Gasteiger partial charge in [0.1, 0.15) is 21.8 Å². The molecule has 1 aromatic carbocycles. The molecular formula is C28H33N5O4S2. The van der Waals surface area contributed by atoms with Crippen molar-refractivity contribution in [2.75, 3.05) is 58.9 Å². The van der Waals surface area contributed by atoms with E-state index in [2.05, 4.69) is 22.9 Å². The van der Waals surface area contributed by atoms with Crippen LogP contribution in [0.15, 0.2) is 27.9 Å². The molecule has 0 atom stereocenters. The van der Waals surface area contributed by atoms with E-state index in [-0.39, 0.29) is 17.0 Å². The minimum absolute atomic E-state index is 0.102. The van der Waals surface area contributed by atoms with Crippen LogP contribution in [0.25, 0.3) is 6.08 Å². The number of hydrogen-bond acceptors (Lipinski definition) is 9. The molecule has 2 fully saturated rings. The Hall–Kier alpha value is -3.33. The highest BCUT2D eigenvalue weighted by molar-refractivity contribution is 8.26. The Labute approximate surface area is 238 Å². The minimum Gasteiger partial charge on any atom is -0.493 e. The van der Waals surface area contributed by atoms with E-state index >= 15 is 0 Å². The summed E-state index contributed by atoms with van der Waals surface area (Å²) in [6.07, 6.45) is 2.40. The molecule has 1 aromatic heterocycles. The number of thioether (sulfide) groups is 1. The molecule has 1 amide bonds. The number of pyridine rings is 1. The molecule has 0 N–H and O–H groups in total. The molecular weight excluding hydrogens is 534 g/mol. The Bertz CT molecular complexity index is 1420. The third-order valence-corrected chi connectivity index (χ3v) is 8.56. The molecule has 2 aliphatic heterocycles. The predicted octanol–water partition coefficient (Wildman–Crippen LogP) is 3.26. The normalized spacial score (nSPS) is 17.2. The molecule has 3 heterocycles. The van der Waals surface area contributed by atoms with Crippen molar-refractivity contribution in [2.45, 2.75) is 26.8 Å². The molecule has 0 radical (unpaired) electrons. The van der Waals surface area contributed by atoms with Crippen LogP contribution in [0.1, 0.15) is 29.2 Å². The zero-order valence-electron chi connectivity index (χ0n) is 22.9. The molecule has 0 spiro atoms. The van der Waals surface area contributed by atoms with E-state index in [0.717, 1.165) is 43.1 Å². The van der Waals surface area contributed by atoms with Crippen LogP contribution in [-0.4, -0.2) is 78.6 Å². The van der Waals surface area contributed by atoms with Crippen molar-refractivity contribution in [1.29, 1.82) is 5.26 Å². The lowest BCUT2D eigenvalue weighted by Gasteiger charge is -2.36. The Kier molecular flexibility index (Phi) is 9.00. The number of hydrogen-bond donors (Lipinski definition) is 0. The van der Waals surface area contributed by atoms with Crippen molar-refractivity contribution < 1.29 is 14.3 Å². The second-order valence-electron chi connectivity index (χ2n) is 9.46. The molecule has 206 valence electrons. The van der Waals surface area contributed by atoms with E-state index in [1.54, 1.807) is 30.6 Å². The lowest BCUT2D eigenvalue weighted by Crippen LogP contribution is -2.47. The number of carbonyl (C=O) groups is 1. The predicted molar refractivity (Wildman–Crippen MR) is 159 cm³/mol. The maximum Gasteiger partial charge on any atom is 0.270 e. The van der Waals surface area contributed by atoms with Crippen LogP contribution in [0.2, 0.25) is 0 Å². The zero-order valence-corrected chi connectivity index (χ0v) is 24.6. The van der Waals surface area contributed by atoms with Gasteiger partial charge in [0.25, 0.3) is 11.5 Å². The van der Waals surface area contributed by atoms with E-state index in [4.69, 9.17) is 21.7 Å². The summed E-state index contributed by atoms with van der Waals surface area (Å²) in [4.78, 5) is 33.3. The first kappa shape index (κ1) is 28.7. The van der Waals surface area contributed by atoms with Gasteiger partial charge >= 0.3 is 0 Å². The number of aromatic nitrogens is 1. The van der Waals surface area contributed by atoms with E-state index in [1.807, 2.05) is 31.2 Å². The van der Waals surface area contributed by atoms with Gasteiger partial charge in [-0.2, -0.15) is 5.26 Å². The molecule has 2 saturated heterocycles. The summed E-state index contributed by atoms with van der Waals surface area (Å²) in [5.41, 5.74) is 2.10. The molecule has 0 bridgehead atoms. The fourth-order valence-corrected chi connectivity index (χ4v) is 6.19. The van der Waals surface area contributed by atoms with Gasteiger partial charge in [0, 0.05) is 44.8 Å². The minimum atomic E-state index is -0.300. The molecule has 11 heteroatoms. The summed E-state index contributed by atoms with van der Waals surface area (Å²) >= 11 is 6.84. The number of nitrogens with zero attached hydrogens (tertiary/aromatic N) is 5. The van der Waals surface area contributed by atoms with Crippen LogP contribution in [0, 0.1) is 18.3 Å². The Morgan fingerprint density at radius 3 is 2.44 bits per heavy atom. The van der Waals surface area contributed by atoms with E-state index in [9.17, 15) is 14.9 Å². The fraction of sp³-hybridized carbons (Fsp3) is 0.429. The summed E-state index contributed by atoms with van der Waals surface area (Å²) < 4.78 is 12.8. The lowest BCUT2D eigenvalue weighted by atomic mass is 10.0. The number of ether oxygens (including phenoxy) is 2. The Morgan fingerprint density at radius 1 is 1.13 bits per heavy atom. The first-order chi connectivity index (χ1) is 18.7. The molecule has 0 unspecified atom stereocenters. The highest BCUT2D eigenvalue weighted by atomic mass is 32.2. The van der Waals surface area contributed by atoms with Crippen molar-refractivity contribution in [3.63, 3.8) is 0 Å². The topological polar surface area (TPSA) is 91.0 Å². The highest BCUT2D eigenvalue weighted by Crippen LogP contribution is 2.36. The first-order valence-corrected chi connectivity index (χ1v) is 14.0. The van der Waals surface area contributed by atoms with Gasteiger partial charge in [0.2, 0.25) is 0 Å². The van der Waals surface area contributed by atoms with Crippen LogP contribution in [-0.2, 0) is 17.8 Å². The number of amides is 1. The fourth-order valence-electron chi connectivity index (χ4n) is 4.90. The van der Waals surface area contributed by atoms with Gasteiger partial charge < -0.3 is 19.3 Å². The van der Waals surface area contributed by atoms with Gasteiger partial charge in [-0.3, -0.25) is 19.1 Å². The molecule has 9 nitrogen and oxygen atoms in total. The number of methoxy groups -OCH3 is 2. The van der Waals surface area contributed by atoms with Crippen molar-refractivity contribution in [1.82, 2.24) is 14.4 Å². The molecule has 2 aliphatic rings. The van der Waals surface area contributed by atoms with E-state index in [1.165, 1.54) is 11.8 Å². The number of carbonyl (C=O) groups excluding carboxylic acids is 1. The third kappa shape index (κ3) is 5.69. The standard InChI is InChI=1S/C28H33N5O4S2/c1-6-32-25(31-13-11-30(3)12-14-31)20(18(2)21(17-29)26(32)34)16-24-27(35)33(28(38)39-24)10-9-19-7-8-22(36-4)23(15-19)37-5/h7-8,15-16H,6,9-14H2,1-5H3/b24-16-. The number of anilines is 1. The largest absolute Gasteiger partial charge is 0.493 e. The number of likely N-dealkylation sites (N-methyl/N-ethyl adjacent to an activating group) is 1. The average Bonchev–Trinajstić information content (AvgIpc) is 3.20. The van der Waals surface area contributed by atoms with E-state index < -0.39 is 0 Å². The number of rotatable bonds is 8. The van der Waals surface area contributed by atoms with Gasteiger partial charge in [-0.25, -0.2) is 0 Å². The Morgan fingerprint density at radius 2 is 1.82 bits per heavy atom. The smallest absolute Gasteiger partial charge is 0.270 e. The zero-order chi connectivity index (χ0) is 28.3. The van der Waals surface area contributed by atoms with Crippen LogP contribution in [0.3, 0.4) is 0 Å². The Balaban J connectivity index is 1.68. The van der Waals surface area contributed by atoms with E-state index in [0.29, 0.717) is 45.8 Å². The average molecular weight is 568 g/mol. The second kappa shape index (κ2) is 12.2. The first-order valence-electron chi connectivity index (χ1n) is 12.8. The second-order valence-corrected chi connectivity index (χ2v) is 11.1. The van der Waals surface area contributed by atoms with Crippen molar-refractivity contribution in [3.05, 3.63) is 55.7 Å². The van der Waals surface area contributed by atoms with Gasteiger partial charge in [0.05, 0.1) is 19.1 Å². The summed E-state index contributed by atoms with van der Waals surface area (Å²) in [5, 5.41) is 9.80. The van der Waals surface area contributed by atoms with Crippen molar-refractivity contribution >= 4 is 46.1 Å². The molecule has 39 heavy (non-hydrogen) atoms. The number of thiocarbonyl (C=S) groups is 1. The molecule has 0 aliphatic carbocycles. The maximum absolute atomic E-state index is 13.5. The summed E-state index contributed by atoms with van der Waals surface area (Å²) in [7, 11) is 5.25. The lowest BCUT2D eigenvalue weighted by molar-refractivity contribution is -0.122.